The van der Waals surface area contributed by atoms with Crippen LogP contribution in [-0.4, -0.2) is 24.0 Å². The van der Waals surface area contributed by atoms with Gasteiger partial charge < -0.3 is 5.73 Å². The quantitative estimate of drug-likeness (QED) is 0.865. The van der Waals surface area contributed by atoms with Crippen LogP contribution in [0.2, 0.25) is 0 Å². The maximum atomic E-state index is 6.37. The highest BCUT2D eigenvalue weighted by Crippen LogP contribution is 2.22. The molecule has 0 aromatic heterocycles. The summed E-state index contributed by atoms with van der Waals surface area (Å²) in [4.78, 5) is 2.51. The molecule has 2 unspecified atom stereocenters. The van der Waals surface area contributed by atoms with Crippen molar-refractivity contribution in [3.8, 4) is 0 Å². The van der Waals surface area contributed by atoms with E-state index in [1.807, 2.05) is 0 Å². The summed E-state index contributed by atoms with van der Waals surface area (Å²) in [5.74, 6) is 0. The zero-order valence-corrected chi connectivity index (χ0v) is 11.0. The smallest absolute Gasteiger partial charge is 0.0450 e. The zero-order chi connectivity index (χ0) is 12.3. The number of benzene rings is 1. The summed E-state index contributed by atoms with van der Waals surface area (Å²) in [6.07, 6.45) is 3.74. The van der Waals surface area contributed by atoms with Crippen molar-refractivity contribution in [1.82, 2.24) is 4.90 Å². The molecule has 2 nitrogen and oxygen atoms in total. The van der Waals surface area contributed by atoms with Gasteiger partial charge in [-0.15, -0.1) is 0 Å². The van der Waals surface area contributed by atoms with E-state index in [1.165, 1.54) is 37.1 Å². The molecule has 1 saturated heterocycles. The van der Waals surface area contributed by atoms with Crippen molar-refractivity contribution in [1.29, 1.82) is 0 Å². The number of hydrogen-bond donors (Lipinski definition) is 1. The van der Waals surface area contributed by atoms with Crippen molar-refractivity contribution < 1.29 is 0 Å². The molecule has 94 valence electrons. The number of nitrogens with zero attached hydrogens (tertiary/aromatic N) is 1. The molecule has 1 aliphatic heterocycles. The Morgan fingerprint density at radius 2 is 1.76 bits per heavy atom. The highest BCUT2D eigenvalue weighted by molar-refractivity contribution is 5.25. The molecular weight excluding hydrogens is 208 g/mol. The topological polar surface area (TPSA) is 29.3 Å². The third-order valence-electron chi connectivity index (χ3n) is 4.01. The van der Waals surface area contributed by atoms with E-state index in [9.17, 15) is 0 Å². The third-order valence-corrected chi connectivity index (χ3v) is 4.01. The number of rotatable bonds is 4. The first-order valence-electron chi connectivity index (χ1n) is 6.81. The summed E-state index contributed by atoms with van der Waals surface area (Å²) in [5, 5.41) is 0. The van der Waals surface area contributed by atoms with Gasteiger partial charge in [0.25, 0.3) is 0 Å². The van der Waals surface area contributed by atoms with Gasteiger partial charge in [0.2, 0.25) is 0 Å². The lowest BCUT2D eigenvalue weighted by atomic mass is 9.99. The molecule has 0 bridgehead atoms. The van der Waals surface area contributed by atoms with Crippen LogP contribution in [0, 0.1) is 0 Å². The summed E-state index contributed by atoms with van der Waals surface area (Å²) in [6, 6.07) is 9.37. The van der Waals surface area contributed by atoms with Crippen molar-refractivity contribution in [2.75, 3.05) is 13.1 Å². The van der Waals surface area contributed by atoms with Crippen LogP contribution >= 0.6 is 0 Å². The molecular formula is C15H24N2. The summed E-state index contributed by atoms with van der Waals surface area (Å²) in [6.45, 7) is 6.86. The van der Waals surface area contributed by atoms with Gasteiger partial charge in [0.05, 0.1) is 0 Å². The van der Waals surface area contributed by atoms with Crippen LogP contribution in [-0.2, 0) is 6.42 Å². The van der Waals surface area contributed by atoms with Gasteiger partial charge in [-0.05, 0) is 50.4 Å². The minimum absolute atomic E-state index is 0.138. The van der Waals surface area contributed by atoms with E-state index < -0.39 is 0 Å². The van der Waals surface area contributed by atoms with Crippen LogP contribution in [0.5, 0.6) is 0 Å². The fraction of sp³-hybridized carbons (Fsp3) is 0.600. The molecule has 1 aromatic carbocycles. The van der Waals surface area contributed by atoms with Gasteiger partial charge in [0, 0.05) is 12.1 Å². The standard InChI is InChI=1S/C15H24N2/c1-3-13-6-8-14(9-7-13)15(16)12(2)17-10-4-5-11-17/h6-9,12,15H,3-5,10-11,16H2,1-2H3. The Bertz CT molecular complexity index is 338. The predicted octanol–water partition coefficient (Wildman–Crippen LogP) is 2.73. The fourth-order valence-corrected chi connectivity index (χ4v) is 2.63. The minimum atomic E-state index is 0.138. The van der Waals surface area contributed by atoms with Crippen LogP contribution in [0.1, 0.15) is 43.9 Å². The number of aryl methyl sites for hydroxylation is 1. The Balaban J connectivity index is 2.04. The highest BCUT2D eigenvalue weighted by Gasteiger charge is 2.24. The maximum absolute atomic E-state index is 6.37. The second-order valence-corrected chi connectivity index (χ2v) is 5.10. The first kappa shape index (κ1) is 12.6. The first-order valence-corrected chi connectivity index (χ1v) is 6.81. The molecule has 17 heavy (non-hydrogen) atoms. The average Bonchev–Trinajstić information content (AvgIpc) is 2.91. The summed E-state index contributed by atoms with van der Waals surface area (Å²) in [5.41, 5.74) is 9.02. The molecule has 0 aliphatic carbocycles. The molecule has 0 radical (unpaired) electrons. The van der Waals surface area contributed by atoms with Crippen molar-refractivity contribution in [3.05, 3.63) is 35.4 Å². The van der Waals surface area contributed by atoms with Crippen molar-refractivity contribution in [2.45, 2.75) is 45.2 Å². The van der Waals surface area contributed by atoms with E-state index in [0.29, 0.717) is 6.04 Å². The van der Waals surface area contributed by atoms with Gasteiger partial charge in [-0.1, -0.05) is 31.2 Å². The second kappa shape index (κ2) is 5.65. The lowest BCUT2D eigenvalue weighted by molar-refractivity contribution is 0.227. The Kier molecular flexibility index (Phi) is 4.19. The average molecular weight is 232 g/mol. The Labute approximate surface area is 105 Å². The van der Waals surface area contributed by atoms with Crippen LogP contribution in [0.15, 0.2) is 24.3 Å². The summed E-state index contributed by atoms with van der Waals surface area (Å²) >= 11 is 0. The van der Waals surface area contributed by atoms with E-state index in [4.69, 9.17) is 5.73 Å². The molecule has 0 saturated carbocycles. The molecule has 1 aliphatic rings. The monoisotopic (exact) mass is 232 g/mol. The lowest BCUT2D eigenvalue weighted by Gasteiger charge is -2.29. The van der Waals surface area contributed by atoms with Crippen LogP contribution in [0.3, 0.4) is 0 Å². The molecule has 2 atom stereocenters. The molecule has 2 N–H and O–H groups in total. The second-order valence-electron chi connectivity index (χ2n) is 5.10. The maximum Gasteiger partial charge on any atom is 0.0450 e. The molecule has 2 rings (SSSR count). The minimum Gasteiger partial charge on any atom is -0.323 e. The van der Waals surface area contributed by atoms with Crippen molar-refractivity contribution in [3.63, 3.8) is 0 Å². The van der Waals surface area contributed by atoms with E-state index in [0.717, 1.165) is 6.42 Å². The first-order chi connectivity index (χ1) is 8.22. The lowest BCUT2D eigenvalue weighted by Crippen LogP contribution is -2.38. The summed E-state index contributed by atoms with van der Waals surface area (Å²) < 4.78 is 0. The normalized spacial score (nSPS) is 20.4. The summed E-state index contributed by atoms with van der Waals surface area (Å²) in [7, 11) is 0. The molecule has 1 heterocycles. The molecule has 0 amide bonds. The molecule has 1 aromatic rings. The molecule has 0 spiro atoms. The van der Waals surface area contributed by atoms with E-state index in [2.05, 4.69) is 43.0 Å². The molecule has 1 fully saturated rings. The predicted molar refractivity (Wildman–Crippen MR) is 73.0 cm³/mol. The largest absolute Gasteiger partial charge is 0.323 e. The van der Waals surface area contributed by atoms with Gasteiger partial charge in [0.1, 0.15) is 0 Å². The van der Waals surface area contributed by atoms with Crippen LogP contribution in [0.25, 0.3) is 0 Å². The van der Waals surface area contributed by atoms with Gasteiger partial charge in [-0.2, -0.15) is 0 Å². The van der Waals surface area contributed by atoms with E-state index >= 15 is 0 Å². The van der Waals surface area contributed by atoms with Gasteiger partial charge >= 0.3 is 0 Å². The van der Waals surface area contributed by atoms with Crippen molar-refractivity contribution in [2.24, 2.45) is 5.73 Å². The Morgan fingerprint density at radius 3 is 2.29 bits per heavy atom. The van der Waals surface area contributed by atoms with E-state index in [1.54, 1.807) is 0 Å². The van der Waals surface area contributed by atoms with Crippen molar-refractivity contribution >= 4 is 0 Å². The molecule has 2 heteroatoms. The number of likely N-dealkylation sites (tertiary alicyclic amines) is 1. The van der Waals surface area contributed by atoms with Crippen LogP contribution < -0.4 is 5.73 Å². The van der Waals surface area contributed by atoms with E-state index in [-0.39, 0.29) is 6.04 Å². The van der Waals surface area contributed by atoms with Gasteiger partial charge in [0.15, 0.2) is 0 Å². The van der Waals surface area contributed by atoms with Gasteiger partial charge in [-0.3, -0.25) is 4.90 Å². The fourth-order valence-electron chi connectivity index (χ4n) is 2.63. The Morgan fingerprint density at radius 1 is 1.18 bits per heavy atom. The SMILES string of the molecule is CCc1ccc(C(N)C(C)N2CCCC2)cc1. The zero-order valence-electron chi connectivity index (χ0n) is 11.0. The Hall–Kier alpha value is -0.860. The number of nitrogens with two attached hydrogens (primary N) is 1. The highest BCUT2D eigenvalue weighted by atomic mass is 15.2. The van der Waals surface area contributed by atoms with Crippen LogP contribution in [0.4, 0.5) is 0 Å². The van der Waals surface area contributed by atoms with Gasteiger partial charge in [-0.25, -0.2) is 0 Å². The number of hydrogen-bond acceptors (Lipinski definition) is 2. The third kappa shape index (κ3) is 2.88.